The van der Waals surface area contributed by atoms with Gasteiger partial charge in [0.05, 0.1) is 13.7 Å². The van der Waals surface area contributed by atoms with Gasteiger partial charge in [-0.25, -0.2) is 4.79 Å². The van der Waals surface area contributed by atoms with Gasteiger partial charge in [-0.15, -0.1) is 0 Å². The van der Waals surface area contributed by atoms with Crippen LogP contribution < -0.4 is 5.73 Å². The molecule has 1 aliphatic rings. The van der Waals surface area contributed by atoms with Gasteiger partial charge >= 0.3 is 6.09 Å². The van der Waals surface area contributed by atoms with E-state index in [2.05, 4.69) is 4.74 Å². The van der Waals surface area contributed by atoms with Crippen LogP contribution in [0.1, 0.15) is 0 Å². The van der Waals surface area contributed by atoms with E-state index < -0.39 is 0 Å². The van der Waals surface area contributed by atoms with Crippen LogP contribution in [-0.2, 0) is 9.53 Å². The molecule has 1 aliphatic heterocycles. The highest BCUT2D eigenvalue weighted by Crippen LogP contribution is 2.02. The molecule has 0 saturated carbocycles. The first-order valence-corrected chi connectivity index (χ1v) is 4.49. The molecule has 1 rings (SSSR count). The Morgan fingerprint density at radius 3 is 2.14 bits per heavy atom. The monoisotopic (exact) mass is 201 g/mol. The molecule has 2 amide bonds. The fraction of sp³-hybridized carbons (Fsp3) is 0.750. The second kappa shape index (κ2) is 4.80. The lowest BCUT2D eigenvalue weighted by atomic mass is 10.3. The summed E-state index contributed by atoms with van der Waals surface area (Å²) in [6.07, 6.45) is -0.343. The van der Waals surface area contributed by atoms with Crippen molar-refractivity contribution in [3.05, 3.63) is 0 Å². The van der Waals surface area contributed by atoms with E-state index in [-0.39, 0.29) is 18.5 Å². The van der Waals surface area contributed by atoms with Gasteiger partial charge in [0.1, 0.15) is 0 Å². The molecule has 14 heavy (non-hydrogen) atoms. The molecule has 6 nitrogen and oxygen atoms in total. The number of hydrogen-bond donors (Lipinski definition) is 1. The third kappa shape index (κ3) is 2.35. The third-order valence-electron chi connectivity index (χ3n) is 2.24. The number of nitrogens with two attached hydrogens (primary N) is 1. The molecule has 0 radical (unpaired) electrons. The summed E-state index contributed by atoms with van der Waals surface area (Å²) in [5.74, 6) is -0.0745. The first-order chi connectivity index (χ1) is 6.69. The summed E-state index contributed by atoms with van der Waals surface area (Å²) in [6.45, 7) is 2.12. The normalized spacial score (nSPS) is 16.7. The first kappa shape index (κ1) is 10.8. The van der Waals surface area contributed by atoms with E-state index in [1.807, 2.05) is 0 Å². The number of rotatable bonds is 1. The Balaban J connectivity index is 2.38. The van der Waals surface area contributed by atoms with Crippen LogP contribution >= 0.6 is 0 Å². The molecule has 0 atom stereocenters. The molecule has 0 aromatic heterocycles. The average Bonchev–Trinajstić information content (AvgIpc) is 2.27. The van der Waals surface area contributed by atoms with E-state index in [1.165, 1.54) is 7.11 Å². The zero-order chi connectivity index (χ0) is 10.6. The van der Waals surface area contributed by atoms with Crippen molar-refractivity contribution in [1.29, 1.82) is 0 Å². The SMILES string of the molecule is COC(=O)N1CCN(C(=O)CN)CC1. The number of carbonyl (C=O) groups excluding carboxylic acids is 2. The van der Waals surface area contributed by atoms with Crippen molar-refractivity contribution in [3.8, 4) is 0 Å². The maximum absolute atomic E-state index is 11.2. The fourth-order valence-electron chi connectivity index (χ4n) is 1.40. The van der Waals surface area contributed by atoms with Crippen molar-refractivity contribution in [3.63, 3.8) is 0 Å². The van der Waals surface area contributed by atoms with E-state index in [0.717, 1.165) is 0 Å². The van der Waals surface area contributed by atoms with Gasteiger partial charge in [-0.2, -0.15) is 0 Å². The summed E-state index contributed by atoms with van der Waals surface area (Å²) in [6, 6.07) is 0. The molecule has 0 unspecified atom stereocenters. The summed E-state index contributed by atoms with van der Waals surface area (Å²) in [5.41, 5.74) is 5.23. The second-order valence-electron chi connectivity index (χ2n) is 3.04. The van der Waals surface area contributed by atoms with Crippen molar-refractivity contribution in [2.75, 3.05) is 39.8 Å². The molecule has 0 bridgehead atoms. The van der Waals surface area contributed by atoms with Gasteiger partial charge in [-0.1, -0.05) is 0 Å². The predicted octanol–water partition coefficient (Wildman–Crippen LogP) is -1.14. The van der Waals surface area contributed by atoms with E-state index >= 15 is 0 Å². The number of ether oxygens (including phenoxy) is 1. The molecule has 1 saturated heterocycles. The highest BCUT2D eigenvalue weighted by molar-refractivity contribution is 5.78. The van der Waals surface area contributed by atoms with Gasteiger partial charge in [0.25, 0.3) is 0 Å². The lowest BCUT2D eigenvalue weighted by Gasteiger charge is -2.33. The summed E-state index contributed by atoms with van der Waals surface area (Å²) in [7, 11) is 1.35. The minimum atomic E-state index is -0.343. The predicted molar refractivity (Wildman–Crippen MR) is 49.6 cm³/mol. The quantitative estimate of drug-likeness (QED) is 0.581. The van der Waals surface area contributed by atoms with Gasteiger partial charge in [0.15, 0.2) is 0 Å². The molecule has 1 heterocycles. The number of methoxy groups -OCH3 is 1. The molecule has 0 aliphatic carbocycles. The fourth-order valence-corrected chi connectivity index (χ4v) is 1.40. The van der Waals surface area contributed by atoms with Gasteiger partial charge in [-0.3, -0.25) is 4.79 Å². The molecular weight excluding hydrogens is 186 g/mol. The molecule has 0 aromatic rings. The van der Waals surface area contributed by atoms with Crippen molar-refractivity contribution in [2.24, 2.45) is 5.73 Å². The van der Waals surface area contributed by atoms with E-state index in [1.54, 1.807) is 9.80 Å². The third-order valence-corrected chi connectivity index (χ3v) is 2.24. The number of amides is 2. The van der Waals surface area contributed by atoms with Crippen LogP contribution in [0.5, 0.6) is 0 Å². The standard InChI is InChI=1S/C8H15N3O3/c1-14-8(13)11-4-2-10(3-5-11)7(12)6-9/h2-6,9H2,1H3. The molecule has 2 N–H and O–H groups in total. The maximum Gasteiger partial charge on any atom is 0.409 e. The Bertz CT molecular complexity index is 200. The number of carbonyl (C=O) groups is 2. The van der Waals surface area contributed by atoms with E-state index in [9.17, 15) is 9.59 Å². The molecular formula is C8H15N3O3. The van der Waals surface area contributed by atoms with Gasteiger partial charge < -0.3 is 20.3 Å². The lowest BCUT2D eigenvalue weighted by Crippen LogP contribution is -2.51. The van der Waals surface area contributed by atoms with Crippen molar-refractivity contribution >= 4 is 12.0 Å². The van der Waals surface area contributed by atoms with Crippen LogP contribution in [0.3, 0.4) is 0 Å². The van der Waals surface area contributed by atoms with Crippen molar-refractivity contribution in [2.45, 2.75) is 0 Å². The van der Waals surface area contributed by atoms with Crippen molar-refractivity contribution in [1.82, 2.24) is 9.80 Å². The highest BCUT2D eigenvalue weighted by atomic mass is 16.5. The van der Waals surface area contributed by atoms with Gasteiger partial charge in [-0.05, 0) is 0 Å². The average molecular weight is 201 g/mol. The van der Waals surface area contributed by atoms with Crippen LogP contribution in [-0.4, -0.2) is 61.6 Å². The van der Waals surface area contributed by atoms with Crippen molar-refractivity contribution < 1.29 is 14.3 Å². The van der Waals surface area contributed by atoms with E-state index in [0.29, 0.717) is 26.2 Å². The number of piperazine rings is 1. The van der Waals surface area contributed by atoms with Crippen LogP contribution in [0.2, 0.25) is 0 Å². The largest absolute Gasteiger partial charge is 0.453 e. The second-order valence-corrected chi connectivity index (χ2v) is 3.04. The molecule has 6 heteroatoms. The van der Waals surface area contributed by atoms with E-state index in [4.69, 9.17) is 5.73 Å². The smallest absolute Gasteiger partial charge is 0.409 e. The van der Waals surface area contributed by atoms with Crippen LogP contribution in [0.15, 0.2) is 0 Å². The van der Waals surface area contributed by atoms with Gasteiger partial charge in [0.2, 0.25) is 5.91 Å². The maximum atomic E-state index is 11.2. The summed E-state index contributed by atoms with van der Waals surface area (Å²) >= 11 is 0. The van der Waals surface area contributed by atoms with Crippen LogP contribution in [0.4, 0.5) is 4.79 Å². The Morgan fingerprint density at radius 1 is 1.21 bits per heavy atom. The Kier molecular flexibility index (Phi) is 3.70. The summed E-state index contributed by atoms with van der Waals surface area (Å²) in [4.78, 5) is 25.5. The minimum Gasteiger partial charge on any atom is -0.453 e. The summed E-state index contributed by atoms with van der Waals surface area (Å²) in [5, 5.41) is 0. The van der Waals surface area contributed by atoms with Crippen LogP contribution in [0, 0.1) is 0 Å². The zero-order valence-electron chi connectivity index (χ0n) is 8.23. The molecule has 1 fully saturated rings. The molecule has 0 aromatic carbocycles. The summed E-state index contributed by atoms with van der Waals surface area (Å²) < 4.78 is 4.57. The number of nitrogens with zero attached hydrogens (tertiary/aromatic N) is 2. The lowest BCUT2D eigenvalue weighted by molar-refractivity contribution is -0.131. The van der Waals surface area contributed by atoms with Crippen LogP contribution in [0.25, 0.3) is 0 Å². The first-order valence-electron chi connectivity index (χ1n) is 4.49. The van der Waals surface area contributed by atoms with Gasteiger partial charge in [0, 0.05) is 26.2 Å². The molecule has 0 spiro atoms. The highest BCUT2D eigenvalue weighted by Gasteiger charge is 2.23. The zero-order valence-corrected chi connectivity index (χ0v) is 8.23. The minimum absolute atomic E-state index is 0.0260. The Labute approximate surface area is 82.6 Å². The Hall–Kier alpha value is -1.30. The molecule has 80 valence electrons. The Morgan fingerprint density at radius 2 is 1.71 bits per heavy atom. The number of hydrogen-bond acceptors (Lipinski definition) is 4. The topological polar surface area (TPSA) is 75.9 Å².